The third-order valence-electron chi connectivity index (χ3n) is 5.12. The van der Waals surface area contributed by atoms with Crippen molar-refractivity contribution in [2.45, 2.75) is 51.0 Å². The molecule has 1 aliphatic heterocycles. The molecule has 0 radical (unpaired) electrons. The molecule has 0 aromatic carbocycles. The number of hydrogen-bond acceptors (Lipinski definition) is 11. The number of aromatic nitrogens is 2. The number of thioether (sulfide) groups is 1. The molecule has 2 heterocycles. The normalized spacial score (nSPS) is 22.3. The summed E-state index contributed by atoms with van der Waals surface area (Å²) in [6.45, 7) is 5.38. The lowest BCUT2D eigenvalue weighted by atomic mass is 9.91. The van der Waals surface area contributed by atoms with Crippen LogP contribution in [0.15, 0.2) is 21.9 Å². The summed E-state index contributed by atoms with van der Waals surface area (Å²) in [6, 6.07) is 1.11. The molecule has 13 nitrogen and oxygen atoms in total. The minimum absolute atomic E-state index is 0.0373. The molecule has 1 saturated heterocycles. The van der Waals surface area contributed by atoms with Gasteiger partial charge in [0.15, 0.2) is 11.3 Å². The number of nitrogens with zero attached hydrogens (tertiary/aromatic N) is 1. The average molecular weight is 571 g/mol. The van der Waals surface area contributed by atoms with Crippen molar-refractivity contribution >= 4 is 42.8 Å². The van der Waals surface area contributed by atoms with Gasteiger partial charge in [-0.05, 0) is 13.3 Å². The quantitative estimate of drug-likeness (QED) is 0.178. The van der Waals surface area contributed by atoms with Gasteiger partial charge in [-0.25, -0.2) is 9.59 Å². The Morgan fingerprint density at radius 3 is 2.75 bits per heavy atom. The summed E-state index contributed by atoms with van der Waals surface area (Å²) in [6.07, 6.45) is -2.25. The summed E-state index contributed by atoms with van der Waals surface area (Å²) in [5.41, 5.74) is -2.06. The van der Waals surface area contributed by atoms with Crippen LogP contribution in [0.5, 0.6) is 0 Å². The predicted molar refractivity (Wildman–Crippen MR) is 131 cm³/mol. The van der Waals surface area contributed by atoms with Crippen LogP contribution in [0.4, 0.5) is 4.79 Å². The molecule has 0 saturated carbocycles. The number of H-pyrrole nitrogens is 1. The van der Waals surface area contributed by atoms with Gasteiger partial charge in [-0.1, -0.05) is 25.6 Å². The van der Waals surface area contributed by atoms with Gasteiger partial charge in [0.1, 0.15) is 30.8 Å². The molecule has 1 aliphatic rings. The van der Waals surface area contributed by atoms with Crippen LogP contribution < -0.4 is 16.6 Å². The number of alkyl carbamates (subject to hydrolysis) is 1. The Morgan fingerprint density at radius 1 is 1.36 bits per heavy atom. The first kappa shape index (κ1) is 30.4. The third-order valence-corrected chi connectivity index (χ3v) is 7.54. The molecule has 3 N–H and O–H groups in total. The molecule has 5 atom stereocenters. The minimum atomic E-state index is -2.57. The minimum Gasteiger partial charge on any atom is -0.450 e. The van der Waals surface area contributed by atoms with Crippen LogP contribution in [0.1, 0.15) is 33.4 Å². The number of aliphatic hydroxyl groups is 1. The fourth-order valence-electron chi connectivity index (χ4n) is 3.07. The van der Waals surface area contributed by atoms with Crippen LogP contribution in [0.2, 0.25) is 0 Å². The molecule has 36 heavy (non-hydrogen) atoms. The zero-order valence-corrected chi connectivity index (χ0v) is 22.5. The van der Waals surface area contributed by atoms with Crippen molar-refractivity contribution in [1.29, 1.82) is 0 Å². The van der Waals surface area contributed by atoms with Gasteiger partial charge >= 0.3 is 20.0 Å². The second-order valence-electron chi connectivity index (χ2n) is 8.29. The van der Waals surface area contributed by atoms with Crippen molar-refractivity contribution in [3.8, 4) is 0 Å². The summed E-state index contributed by atoms with van der Waals surface area (Å²) < 4.78 is 33.6. The SMILES string of the molecule is CCOC(=O)NCCC(C)(C)C(=O)SCCO[P+](=O)OC[C@H]1O[C@@H](n2ccc(=O)[nH]c2=O)[C@H](Cl)[C@@H]1O. The summed E-state index contributed by atoms with van der Waals surface area (Å²) in [5.74, 6) is 0.224. The van der Waals surface area contributed by atoms with Crippen molar-refractivity contribution in [1.82, 2.24) is 14.9 Å². The Bertz CT molecular complexity index is 1040. The molecule has 1 amide bonds. The standard InChI is InChI=1S/C20H29ClN3O10PS/c1-4-31-19(29)22-7-6-20(2,3)17(27)36-10-9-32-35(30)33-11-12-15(26)14(21)16(34-12)24-8-5-13(25)23-18(24)28/h5,8,12,14-16,26H,4,6-7,9-11H2,1-3H3,(H-,22,23,25,28,29)/p+1/t12-,14-,15-,16-/m1/s1. The van der Waals surface area contributed by atoms with E-state index in [1.807, 2.05) is 0 Å². The number of carbonyl (C=O) groups is 2. The van der Waals surface area contributed by atoms with Gasteiger partial charge in [0, 0.05) is 34.5 Å². The molecule has 0 aliphatic carbocycles. The van der Waals surface area contributed by atoms with Gasteiger partial charge in [0.05, 0.1) is 6.61 Å². The fourth-order valence-corrected chi connectivity index (χ4v) is 4.96. The molecular formula is C20H30ClN3O10PS+. The van der Waals surface area contributed by atoms with Gasteiger partial charge in [-0.3, -0.25) is 19.1 Å². The van der Waals surface area contributed by atoms with E-state index in [-0.39, 0.29) is 37.2 Å². The fraction of sp³-hybridized carbons (Fsp3) is 0.700. The third kappa shape index (κ3) is 8.94. The molecule has 202 valence electrons. The summed E-state index contributed by atoms with van der Waals surface area (Å²) >= 11 is 7.17. The van der Waals surface area contributed by atoms with Crippen molar-refractivity contribution in [3.05, 3.63) is 33.1 Å². The van der Waals surface area contributed by atoms with E-state index in [4.69, 9.17) is 30.1 Å². The number of rotatable bonds is 13. The number of aliphatic hydroxyl groups excluding tert-OH is 1. The van der Waals surface area contributed by atoms with Crippen LogP contribution in [-0.4, -0.2) is 75.6 Å². The van der Waals surface area contributed by atoms with E-state index < -0.39 is 54.8 Å². The van der Waals surface area contributed by atoms with E-state index in [9.17, 15) is 28.8 Å². The highest BCUT2D eigenvalue weighted by molar-refractivity contribution is 8.13. The zero-order chi connectivity index (χ0) is 26.9. The molecular weight excluding hydrogens is 541 g/mol. The van der Waals surface area contributed by atoms with E-state index in [0.29, 0.717) is 6.42 Å². The summed E-state index contributed by atoms with van der Waals surface area (Å²) in [4.78, 5) is 49.0. The highest BCUT2D eigenvalue weighted by Crippen LogP contribution is 2.35. The van der Waals surface area contributed by atoms with Crippen molar-refractivity contribution < 1.29 is 37.8 Å². The van der Waals surface area contributed by atoms with Crippen LogP contribution in [0, 0.1) is 5.41 Å². The second kappa shape index (κ2) is 14.2. The lowest BCUT2D eigenvalue weighted by molar-refractivity contribution is -0.118. The maximum Gasteiger partial charge on any atom is 0.697 e. The van der Waals surface area contributed by atoms with E-state index in [0.717, 1.165) is 22.4 Å². The van der Waals surface area contributed by atoms with Gasteiger partial charge in [0.25, 0.3) is 5.56 Å². The van der Waals surface area contributed by atoms with Crippen molar-refractivity contribution in [3.63, 3.8) is 0 Å². The van der Waals surface area contributed by atoms with Gasteiger partial charge in [-0.15, -0.1) is 20.6 Å². The number of ether oxygens (including phenoxy) is 2. The summed E-state index contributed by atoms with van der Waals surface area (Å²) in [7, 11) is -2.57. The Morgan fingerprint density at radius 2 is 2.08 bits per heavy atom. The number of carbonyl (C=O) groups excluding carboxylic acids is 2. The smallest absolute Gasteiger partial charge is 0.450 e. The number of amides is 1. The van der Waals surface area contributed by atoms with E-state index in [2.05, 4.69) is 10.3 Å². The largest absolute Gasteiger partial charge is 0.697 e. The van der Waals surface area contributed by atoms with Crippen molar-refractivity contribution in [2.24, 2.45) is 5.41 Å². The number of halogens is 1. The van der Waals surface area contributed by atoms with Crippen LogP contribution >= 0.6 is 31.6 Å². The molecule has 2 rings (SSSR count). The molecule has 1 fully saturated rings. The lowest BCUT2D eigenvalue weighted by Crippen LogP contribution is -2.35. The number of aromatic amines is 1. The molecule has 1 aromatic rings. The van der Waals surface area contributed by atoms with Gasteiger partial charge in [-0.2, -0.15) is 0 Å². The van der Waals surface area contributed by atoms with Crippen LogP contribution in [-0.2, 0) is 27.9 Å². The molecule has 1 aromatic heterocycles. The average Bonchev–Trinajstić information content (AvgIpc) is 3.08. The Balaban J connectivity index is 1.70. The number of alkyl halides is 1. The maximum absolute atomic E-state index is 12.4. The highest BCUT2D eigenvalue weighted by atomic mass is 35.5. The second-order valence-corrected chi connectivity index (χ2v) is 10.8. The van der Waals surface area contributed by atoms with E-state index in [1.165, 1.54) is 6.20 Å². The Hall–Kier alpha value is -1.80. The highest BCUT2D eigenvalue weighted by Gasteiger charge is 2.45. The molecule has 1 unspecified atom stereocenters. The maximum atomic E-state index is 12.4. The first-order valence-corrected chi connectivity index (χ1v) is 13.6. The van der Waals surface area contributed by atoms with E-state index in [1.54, 1.807) is 20.8 Å². The molecule has 0 bridgehead atoms. The van der Waals surface area contributed by atoms with E-state index >= 15 is 0 Å². The number of nitrogens with one attached hydrogen (secondary N) is 2. The monoisotopic (exact) mass is 570 g/mol. The lowest BCUT2D eigenvalue weighted by Gasteiger charge is -2.22. The topological polar surface area (TPSA) is 175 Å². The molecule has 0 spiro atoms. The van der Waals surface area contributed by atoms with Gasteiger partial charge in [0.2, 0.25) is 0 Å². The van der Waals surface area contributed by atoms with Crippen LogP contribution in [0.3, 0.4) is 0 Å². The zero-order valence-electron chi connectivity index (χ0n) is 20.0. The predicted octanol–water partition coefficient (Wildman–Crippen LogP) is 1.52. The first-order valence-electron chi connectivity index (χ1n) is 11.1. The van der Waals surface area contributed by atoms with Crippen molar-refractivity contribution in [2.75, 3.05) is 32.1 Å². The summed E-state index contributed by atoms with van der Waals surface area (Å²) in [5, 5.41) is 11.7. The van der Waals surface area contributed by atoms with Gasteiger partial charge < -0.3 is 19.9 Å². The Kier molecular flexibility index (Phi) is 12.0. The molecule has 16 heteroatoms. The van der Waals surface area contributed by atoms with Crippen LogP contribution in [0.25, 0.3) is 0 Å². The number of hydrogen-bond donors (Lipinski definition) is 3. The first-order chi connectivity index (χ1) is 17.0. The Labute approximate surface area is 217 Å².